The number of benzene rings is 2. The van der Waals surface area contributed by atoms with E-state index in [0.29, 0.717) is 32.9 Å². The fourth-order valence-corrected chi connectivity index (χ4v) is 4.29. The maximum Gasteiger partial charge on any atom is 0.332 e. The van der Waals surface area contributed by atoms with Gasteiger partial charge in [-0.15, -0.1) is 0 Å². The Hall–Kier alpha value is -2.48. The monoisotopic (exact) mass is 446 g/mol. The molecule has 0 amide bonds. The Morgan fingerprint density at radius 3 is 2.38 bits per heavy atom. The highest BCUT2D eigenvalue weighted by Gasteiger charge is 2.20. The van der Waals surface area contributed by atoms with E-state index >= 15 is 0 Å². The van der Waals surface area contributed by atoms with Gasteiger partial charge in [-0.05, 0) is 29.8 Å². The summed E-state index contributed by atoms with van der Waals surface area (Å²) >= 11 is 13.6. The van der Waals surface area contributed by atoms with Gasteiger partial charge in [-0.2, -0.15) is 0 Å². The molecule has 0 bridgehead atoms. The van der Waals surface area contributed by atoms with Crippen molar-refractivity contribution < 1.29 is 0 Å². The van der Waals surface area contributed by atoms with E-state index in [1.54, 1.807) is 19.2 Å². The number of imidazole rings is 1. The third kappa shape index (κ3) is 3.61. The van der Waals surface area contributed by atoms with Gasteiger partial charge in [0.15, 0.2) is 16.3 Å². The summed E-state index contributed by atoms with van der Waals surface area (Å²) in [5.41, 5.74) is 0.758. The summed E-state index contributed by atoms with van der Waals surface area (Å²) in [7, 11) is 3.07. The van der Waals surface area contributed by atoms with Crippen LogP contribution in [-0.4, -0.2) is 18.7 Å². The lowest BCUT2D eigenvalue weighted by Crippen LogP contribution is -2.37. The predicted octanol–water partition coefficient (Wildman–Crippen LogP) is 3.94. The summed E-state index contributed by atoms with van der Waals surface area (Å²) in [6, 6.07) is 15.1. The number of halogens is 2. The van der Waals surface area contributed by atoms with Crippen molar-refractivity contribution in [1.29, 1.82) is 0 Å². The van der Waals surface area contributed by atoms with Crippen LogP contribution in [0.25, 0.3) is 11.2 Å². The lowest BCUT2D eigenvalue weighted by Gasteiger charge is -2.10. The molecule has 0 unspecified atom stereocenters. The maximum absolute atomic E-state index is 12.9. The van der Waals surface area contributed by atoms with Crippen LogP contribution in [0.15, 0.2) is 68.2 Å². The molecule has 148 valence electrons. The average Bonchev–Trinajstić information content (AvgIpc) is 3.06. The molecule has 0 atom stereocenters. The normalized spacial score (nSPS) is 11.3. The van der Waals surface area contributed by atoms with Crippen LogP contribution in [-0.2, 0) is 20.6 Å². The van der Waals surface area contributed by atoms with Crippen LogP contribution in [0.3, 0.4) is 0 Å². The molecular weight excluding hydrogens is 431 g/mol. The summed E-state index contributed by atoms with van der Waals surface area (Å²) in [5, 5.41) is 1.50. The minimum atomic E-state index is -0.419. The molecule has 0 fully saturated rings. The van der Waals surface area contributed by atoms with Gasteiger partial charge in [0.1, 0.15) is 0 Å². The fraction of sp³-hybridized carbons (Fsp3) is 0.150. The van der Waals surface area contributed by atoms with Gasteiger partial charge < -0.3 is 4.57 Å². The molecule has 2 aromatic heterocycles. The summed E-state index contributed by atoms with van der Waals surface area (Å²) in [5.74, 6) is 0. The van der Waals surface area contributed by atoms with Crippen molar-refractivity contribution in [3.63, 3.8) is 0 Å². The molecule has 4 rings (SSSR count). The van der Waals surface area contributed by atoms with Crippen LogP contribution in [0, 0.1) is 0 Å². The number of nitrogens with zero attached hydrogens (tertiary/aromatic N) is 4. The summed E-state index contributed by atoms with van der Waals surface area (Å²) in [6.45, 7) is 0.357. The first-order chi connectivity index (χ1) is 13.9. The smallest absolute Gasteiger partial charge is 0.308 e. The van der Waals surface area contributed by atoms with E-state index in [4.69, 9.17) is 23.2 Å². The highest BCUT2D eigenvalue weighted by molar-refractivity contribution is 7.99. The molecule has 2 heterocycles. The fourth-order valence-electron chi connectivity index (χ4n) is 3.07. The second-order valence-corrected chi connectivity index (χ2v) is 8.38. The van der Waals surface area contributed by atoms with E-state index in [0.717, 1.165) is 15.0 Å². The van der Waals surface area contributed by atoms with Crippen LogP contribution in [0.2, 0.25) is 10.0 Å². The van der Waals surface area contributed by atoms with E-state index < -0.39 is 11.2 Å². The summed E-state index contributed by atoms with van der Waals surface area (Å²) in [4.78, 5) is 30.9. The highest BCUT2D eigenvalue weighted by Crippen LogP contribution is 2.30. The molecule has 0 saturated carbocycles. The van der Waals surface area contributed by atoms with E-state index in [-0.39, 0.29) is 0 Å². The van der Waals surface area contributed by atoms with Crippen molar-refractivity contribution in [2.24, 2.45) is 14.1 Å². The van der Waals surface area contributed by atoms with E-state index in [9.17, 15) is 9.59 Å². The van der Waals surface area contributed by atoms with Crippen LogP contribution in [0.5, 0.6) is 0 Å². The second-order valence-electron chi connectivity index (χ2n) is 6.52. The lowest BCUT2D eigenvalue weighted by molar-refractivity contribution is 0.696. The molecule has 0 N–H and O–H groups in total. The third-order valence-corrected chi connectivity index (χ3v) is 6.33. The first kappa shape index (κ1) is 19.8. The maximum atomic E-state index is 12.9. The van der Waals surface area contributed by atoms with Crippen molar-refractivity contribution >= 4 is 46.1 Å². The zero-order valence-corrected chi connectivity index (χ0v) is 17.9. The third-order valence-electron chi connectivity index (χ3n) is 4.59. The molecule has 0 aliphatic carbocycles. The SMILES string of the molecule is Cn1c(=O)c2c(nc(Sc3ccccc3)n2Cc2ccc(Cl)c(Cl)c2)n(C)c1=O. The molecule has 0 aliphatic heterocycles. The standard InChI is InChI=1S/C20H16Cl2N4O2S/c1-24-17-16(18(27)25(2)20(24)28)26(11-12-8-9-14(21)15(22)10-12)19(23-17)29-13-6-4-3-5-7-13/h3-10H,11H2,1-2H3. The van der Waals surface area contributed by atoms with Crippen LogP contribution in [0.1, 0.15) is 5.56 Å². The Labute approximate surface area is 180 Å². The Bertz CT molecular complexity index is 1340. The number of aryl methyl sites for hydroxylation is 1. The molecular formula is C20H16Cl2N4O2S. The van der Waals surface area contributed by atoms with Gasteiger partial charge in [0, 0.05) is 19.0 Å². The first-order valence-electron chi connectivity index (χ1n) is 8.70. The highest BCUT2D eigenvalue weighted by atomic mass is 35.5. The number of hydrogen-bond donors (Lipinski definition) is 0. The molecule has 29 heavy (non-hydrogen) atoms. The largest absolute Gasteiger partial charge is 0.332 e. The Kier molecular flexibility index (Phi) is 5.29. The van der Waals surface area contributed by atoms with E-state index in [2.05, 4.69) is 4.98 Å². The molecule has 9 heteroatoms. The van der Waals surface area contributed by atoms with Gasteiger partial charge in [0.05, 0.1) is 16.6 Å². The number of rotatable bonds is 4. The van der Waals surface area contributed by atoms with Gasteiger partial charge in [0.25, 0.3) is 5.56 Å². The van der Waals surface area contributed by atoms with Crippen molar-refractivity contribution in [2.75, 3.05) is 0 Å². The van der Waals surface area contributed by atoms with Gasteiger partial charge in [-0.25, -0.2) is 9.78 Å². The lowest BCUT2D eigenvalue weighted by atomic mass is 10.2. The first-order valence-corrected chi connectivity index (χ1v) is 10.3. The van der Waals surface area contributed by atoms with E-state index in [1.807, 2.05) is 41.0 Å². The Balaban J connectivity index is 1.95. The Morgan fingerprint density at radius 2 is 1.69 bits per heavy atom. The van der Waals surface area contributed by atoms with Crippen molar-refractivity contribution in [2.45, 2.75) is 16.6 Å². The predicted molar refractivity (Wildman–Crippen MR) is 116 cm³/mol. The van der Waals surface area contributed by atoms with Crippen LogP contribution >= 0.6 is 35.0 Å². The minimum absolute atomic E-state index is 0.344. The van der Waals surface area contributed by atoms with Gasteiger partial charge in [0.2, 0.25) is 0 Å². The zero-order valence-electron chi connectivity index (χ0n) is 15.6. The van der Waals surface area contributed by atoms with Crippen molar-refractivity contribution in [3.8, 4) is 0 Å². The minimum Gasteiger partial charge on any atom is -0.308 e. The van der Waals surface area contributed by atoms with Crippen LogP contribution in [0.4, 0.5) is 0 Å². The van der Waals surface area contributed by atoms with Gasteiger partial charge in [-0.1, -0.05) is 59.2 Å². The zero-order chi connectivity index (χ0) is 20.7. The molecule has 2 aromatic carbocycles. The van der Waals surface area contributed by atoms with Gasteiger partial charge >= 0.3 is 5.69 Å². The van der Waals surface area contributed by atoms with Gasteiger partial charge in [-0.3, -0.25) is 13.9 Å². The Morgan fingerprint density at radius 1 is 0.966 bits per heavy atom. The second kappa shape index (κ2) is 7.74. The molecule has 4 aromatic rings. The number of hydrogen-bond acceptors (Lipinski definition) is 4. The quantitative estimate of drug-likeness (QED) is 0.476. The van der Waals surface area contributed by atoms with Crippen LogP contribution < -0.4 is 11.2 Å². The van der Waals surface area contributed by atoms with Crippen molar-refractivity contribution in [3.05, 3.63) is 85.0 Å². The van der Waals surface area contributed by atoms with Crippen molar-refractivity contribution in [1.82, 2.24) is 18.7 Å². The average molecular weight is 447 g/mol. The molecule has 0 radical (unpaired) electrons. The summed E-state index contributed by atoms with van der Waals surface area (Å²) in [6.07, 6.45) is 0. The molecule has 0 aliphatic rings. The topological polar surface area (TPSA) is 61.8 Å². The molecule has 0 spiro atoms. The molecule has 0 saturated heterocycles. The summed E-state index contributed by atoms with van der Waals surface area (Å²) < 4.78 is 4.29. The number of aromatic nitrogens is 4. The number of fused-ring (bicyclic) bond motifs is 1. The van der Waals surface area contributed by atoms with E-state index in [1.165, 1.54) is 23.4 Å². The molecule has 6 nitrogen and oxygen atoms in total.